The summed E-state index contributed by atoms with van der Waals surface area (Å²) in [6.07, 6.45) is 5.44. The Balaban J connectivity index is 2.19. The second-order valence-corrected chi connectivity index (χ2v) is 7.12. The molecule has 1 aromatic heterocycles. The maximum absolute atomic E-state index is 12.4. The van der Waals surface area contributed by atoms with Crippen LogP contribution < -0.4 is 4.80 Å². The molecule has 0 saturated heterocycles. The normalized spacial score (nSPS) is 11.7. The first-order chi connectivity index (χ1) is 11.5. The highest BCUT2D eigenvalue weighted by Crippen LogP contribution is 2.29. The molecule has 120 valence electrons. The maximum Gasteiger partial charge on any atom is 0.279 e. The number of amides is 1. The molecular formula is C17H9Cl3N2OS. The molecule has 24 heavy (non-hydrogen) atoms. The molecule has 0 aliphatic carbocycles. The monoisotopic (exact) mass is 394 g/mol. The lowest BCUT2D eigenvalue weighted by Gasteiger charge is -2.02. The number of aromatic nitrogens is 1. The zero-order valence-corrected chi connectivity index (χ0v) is 15.2. The van der Waals surface area contributed by atoms with Crippen molar-refractivity contribution in [2.24, 2.45) is 4.99 Å². The number of thiazole rings is 1. The lowest BCUT2D eigenvalue weighted by atomic mass is 10.2. The van der Waals surface area contributed by atoms with Crippen molar-refractivity contribution in [1.29, 1.82) is 0 Å². The molecule has 3 rings (SSSR count). The van der Waals surface area contributed by atoms with Crippen LogP contribution in [0.3, 0.4) is 0 Å². The van der Waals surface area contributed by atoms with Crippen molar-refractivity contribution in [2.45, 2.75) is 6.54 Å². The first kappa shape index (κ1) is 17.1. The Hall–Kier alpha value is -1.77. The van der Waals surface area contributed by atoms with E-state index in [2.05, 4.69) is 10.9 Å². The molecule has 0 fully saturated rings. The van der Waals surface area contributed by atoms with Gasteiger partial charge in [0.2, 0.25) is 0 Å². The molecule has 3 aromatic rings. The summed E-state index contributed by atoms with van der Waals surface area (Å²) in [7, 11) is 0. The predicted molar refractivity (Wildman–Crippen MR) is 100 cm³/mol. The number of halogens is 3. The van der Waals surface area contributed by atoms with E-state index in [4.69, 9.17) is 41.2 Å². The van der Waals surface area contributed by atoms with E-state index in [0.717, 1.165) is 4.70 Å². The van der Waals surface area contributed by atoms with E-state index >= 15 is 0 Å². The molecule has 0 spiro atoms. The summed E-state index contributed by atoms with van der Waals surface area (Å²) in [6, 6.07) is 9.93. The van der Waals surface area contributed by atoms with Crippen LogP contribution in [-0.4, -0.2) is 10.5 Å². The van der Waals surface area contributed by atoms with Gasteiger partial charge in [-0.2, -0.15) is 4.99 Å². The Kier molecular flexibility index (Phi) is 4.98. The van der Waals surface area contributed by atoms with Crippen molar-refractivity contribution in [3.8, 4) is 12.3 Å². The van der Waals surface area contributed by atoms with E-state index in [0.29, 0.717) is 30.9 Å². The highest BCUT2D eigenvalue weighted by Gasteiger charge is 2.12. The minimum Gasteiger partial charge on any atom is -0.303 e. The molecule has 1 amide bonds. The van der Waals surface area contributed by atoms with Gasteiger partial charge >= 0.3 is 0 Å². The molecule has 0 radical (unpaired) electrons. The van der Waals surface area contributed by atoms with Crippen molar-refractivity contribution in [3.05, 3.63) is 61.8 Å². The molecule has 0 aliphatic heterocycles. The molecule has 0 N–H and O–H groups in total. The van der Waals surface area contributed by atoms with Crippen LogP contribution in [-0.2, 0) is 6.54 Å². The minimum atomic E-state index is -0.383. The number of fused-ring (bicyclic) bond motifs is 1. The lowest BCUT2D eigenvalue weighted by Crippen LogP contribution is -2.16. The average molecular weight is 396 g/mol. The van der Waals surface area contributed by atoms with Gasteiger partial charge in [-0.3, -0.25) is 4.79 Å². The topological polar surface area (TPSA) is 34.4 Å². The molecule has 0 aliphatic rings. The van der Waals surface area contributed by atoms with Gasteiger partial charge in [0.1, 0.15) is 0 Å². The standard InChI is InChI=1S/C17H9Cl3N2OS/c1-2-7-22-15-13(20)8-12(19)9-14(15)24-17(22)21-16(23)10-3-5-11(18)6-4-10/h1,3-6,8-9H,7H2. The van der Waals surface area contributed by atoms with Gasteiger partial charge in [0.25, 0.3) is 5.91 Å². The molecule has 0 bridgehead atoms. The maximum atomic E-state index is 12.4. The van der Waals surface area contributed by atoms with Gasteiger partial charge in [-0.05, 0) is 36.4 Å². The molecule has 1 heterocycles. The van der Waals surface area contributed by atoms with Gasteiger partial charge in [-0.1, -0.05) is 52.1 Å². The Bertz CT molecular complexity index is 1040. The van der Waals surface area contributed by atoms with Gasteiger partial charge < -0.3 is 4.57 Å². The zero-order chi connectivity index (χ0) is 17.3. The third-order valence-corrected chi connectivity index (χ3v) is 5.02. The van der Waals surface area contributed by atoms with E-state index in [1.54, 1.807) is 41.0 Å². The van der Waals surface area contributed by atoms with Crippen LogP contribution in [0.4, 0.5) is 0 Å². The summed E-state index contributed by atoms with van der Waals surface area (Å²) < 4.78 is 2.54. The molecule has 0 saturated carbocycles. The summed E-state index contributed by atoms with van der Waals surface area (Å²) in [6.45, 7) is 0.244. The fourth-order valence-electron chi connectivity index (χ4n) is 2.20. The van der Waals surface area contributed by atoms with Gasteiger partial charge in [-0.15, -0.1) is 6.42 Å². The largest absolute Gasteiger partial charge is 0.303 e. The predicted octanol–water partition coefficient (Wildman–Crippen LogP) is 5.04. The summed E-state index contributed by atoms with van der Waals surface area (Å²) in [5.74, 6) is 2.17. The second kappa shape index (κ2) is 7.00. The number of hydrogen-bond acceptors (Lipinski definition) is 2. The SMILES string of the molecule is C#CCn1c(=NC(=O)c2ccc(Cl)cc2)sc2cc(Cl)cc(Cl)c21. The first-order valence-electron chi connectivity index (χ1n) is 6.76. The molecule has 7 heteroatoms. The van der Waals surface area contributed by atoms with Crippen LogP contribution in [0.2, 0.25) is 15.1 Å². The van der Waals surface area contributed by atoms with Crippen LogP contribution in [0.25, 0.3) is 10.2 Å². The van der Waals surface area contributed by atoms with Gasteiger partial charge in [0.05, 0.1) is 21.8 Å². The number of benzene rings is 2. The fraction of sp³-hybridized carbons (Fsp3) is 0.0588. The molecular weight excluding hydrogens is 387 g/mol. The van der Waals surface area contributed by atoms with E-state index < -0.39 is 0 Å². The van der Waals surface area contributed by atoms with E-state index in [1.807, 2.05) is 0 Å². The lowest BCUT2D eigenvalue weighted by molar-refractivity contribution is 0.0998. The van der Waals surface area contributed by atoms with Gasteiger partial charge in [-0.25, -0.2) is 0 Å². The van der Waals surface area contributed by atoms with E-state index in [1.165, 1.54) is 11.3 Å². The number of terminal acetylenes is 1. The molecule has 0 unspecified atom stereocenters. The Morgan fingerprint density at radius 2 is 1.88 bits per heavy atom. The molecule has 3 nitrogen and oxygen atoms in total. The summed E-state index contributed by atoms with van der Waals surface area (Å²) >= 11 is 19.5. The van der Waals surface area contributed by atoms with E-state index in [-0.39, 0.29) is 12.5 Å². The number of rotatable bonds is 2. The van der Waals surface area contributed by atoms with Crippen LogP contribution in [0.5, 0.6) is 0 Å². The van der Waals surface area contributed by atoms with Gasteiger partial charge in [0, 0.05) is 15.6 Å². The average Bonchev–Trinajstić information content (AvgIpc) is 2.85. The van der Waals surface area contributed by atoms with E-state index in [9.17, 15) is 4.79 Å². The summed E-state index contributed by atoms with van der Waals surface area (Å²) in [5, 5.41) is 1.53. The van der Waals surface area contributed by atoms with Crippen LogP contribution >= 0.6 is 46.1 Å². The minimum absolute atomic E-state index is 0.244. The Labute approximate surface area is 157 Å². The summed E-state index contributed by atoms with van der Waals surface area (Å²) in [5.41, 5.74) is 1.15. The van der Waals surface area contributed by atoms with Crippen LogP contribution in [0.1, 0.15) is 10.4 Å². The van der Waals surface area contributed by atoms with Crippen molar-refractivity contribution in [3.63, 3.8) is 0 Å². The third kappa shape index (κ3) is 3.35. The first-order valence-corrected chi connectivity index (χ1v) is 8.71. The second-order valence-electron chi connectivity index (χ2n) is 4.83. The van der Waals surface area contributed by atoms with Crippen molar-refractivity contribution in [1.82, 2.24) is 4.57 Å². The number of nitrogens with zero attached hydrogens (tertiary/aromatic N) is 2. The van der Waals surface area contributed by atoms with Crippen LogP contribution in [0, 0.1) is 12.3 Å². The smallest absolute Gasteiger partial charge is 0.279 e. The zero-order valence-electron chi connectivity index (χ0n) is 12.1. The fourth-order valence-corrected chi connectivity index (χ4v) is 4.13. The van der Waals surface area contributed by atoms with Gasteiger partial charge in [0.15, 0.2) is 4.80 Å². The highest BCUT2D eigenvalue weighted by atomic mass is 35.5. The molecule has 2 aromatic carbocycles. The Morgan fingerprint density at radius 3 is 2.54 bits per heavy atom. The Morgan fingerprint density at radius 1 is 1.17 bits per heavy atom. The highest BCUT2D eigenvalue weighted by molar-refractivity contribution is 7.16. The third-order valence-electron chi connectivity index (χ3n) is 3.23. The van der Waals surface area contributed by atoms with Crippen LogP contribution in [0.15, 0.2) is 41.4 Å². The molecule has 0 atom stereocenters. The van der Waals surface area contributed by atoms with Crippen molar-refractivity contribution in [2.75, 3.05) is 0 Å². The summed E-state index contributed by atoms with van der Waals surface area (Å²) in [4.78, 5) is 17.0. The number of carbonyl (C=O) groups excluding carboxylic acids is 1. The quantitative estimate of drug-likeness (QED) is 0.560. The number of hydrogen-bond donors (Lipinski definition) is 0. The van der Waals surface area contributed by atoms with Crippen molar-refractivity contribution < 1.29 is 4.79 Å². The number of carbonyl (C=O) groups is 1. The van der Waals surface area contributed by atoms with Crippen molar-refractivity contribution >= 4 is 62.3 Å².